The number of nitrogens with zero attached hydrogens (tertiary/aromatic N) is 4. The Labute approximate surface area is 182 Å². The van der Waals surface area contributed by atoms with Crippen LogP contribution in [-0.2, 0) is 11.3 Å². The molecule has 5 rings (SSSR count). The second-order valence-electron chi connectivity index (χ2n) is 8.55. The van der Waals surface area contributed by atoms with Crippen LogP contribution in [0.15, 0.2) is 24.4 Å². The minimum atomic E-state index is 0.101. The standard InChI is InChI=1S/C23H28N4O4/c1-15-9-19-20(12-27(23(19)28)11-16-13-30-14-16)25-22(15)26-7-5-17(6-8-26)31-18-3-4-21(29-2)24-10-18/h3-4,9-10,16-17H,5-8,11-14H2,1-2H3. The van der Waals surface area contributed by atoms with Gasteiger partial charge >= 0.3 is 0 Å². The third-order valence-corrected chi connectivity index (χ3v) is 6.27. The Bertz CT molecular complexity index is 953. The van der Waals surface area contributed by atoms with Gasteiger partial charge < -0.3 is 24.0 Å². The molecule has 3 aliphatic rings. The van der Waals surface area contributed by atoms with Crippen LogP contribution in [0.1, 0.15) is 34.5 Å². The number of hydrogen-bond acceptors (Lipinski definition) is 7. The topological polar surface area (TPSA) is 77.0 Å². The van der Waals surface area contributed by atoms with Crippen molar-refractivity contribution in [3.8, 4) is 11.6 Å². The molecule has 5 heterocycles. The number of amides is 1. The van der Waals surface area contributed by atoms with Gasteiger partial charge in [0.05, 0.1) is 44.3 Å². The SMILES string of the molecule is COc1ccc(OC2CCN(c3nc4c(cc3C)C(=O)N(CC3COC3)C4)CC2)cn1. The number of fused-ring (bicyclic) bond motifs is 1. The summed E-state index contributed by atoms with van der Waals surface area (Å²) in [7, 11) is 1.60. The van der Waals surface area contributed by atoms with Gasteiger partial charge in [0.1, 0.15) is 17.7 Å². The van der Waals surface area contributed by atoms with E-state index in [1.807, 2.05) is 30.0 Å². The first-order chi connectivity index (χ1) is 15.1. The van der Waals surface area contributed by atoms with Crippen molar-refractivity contribution >= 4 is 11.7 Å². The fourth-order valence-corrected chi connectivity index (χ4v) is 4.47. The van der Waals surface area contributed by atoms with E-state index in [0.29, 0.717) is 18.3 Å². The zero-order valence-electron chi connectivity index (χ0n) is 18.0. The lowest BCUT2D eigenvalue weighted by Crippen LogP contribution is -2.39. The summed E-state index contributed by atoms with van der Waals surface area (Å²) in [6.45, 7) is 6.65. The maximum atomic E-state index is 12.8. The molecule has 0 bridgehead atoms. The summed E-state index contributed by atoms with van der Waals surface area (Å²) < 4.78 is 16.4. The highest BCUT2D eigenvalue weighted by atomic mass is 16.5. The second kappa shape index (κ2) is 8.34. The molecule has 2 fully saturated rings. The van der Waals surface area contributed by atoms with E-state index in [9.17, 15) is 4.79 Å². The number of anilines is 1. The summed E-state index contributed by atoms with van der Waals surface area (Å²) >= 11 is 0. The largest absolute Gasteiger partial charge is 0.489 e. The first-order valence-electron chi connectivity index (χ1n) is 10.9. The number of ether oxygens (including phenoxy) is 3. The smallest absolute Gasteiger partial charge is 0.256 e. The molecule has 0 unspecified atom stereocenters. The Morgan fingerprint density at radius 2 is 2.03 bits per heavy atom. The van der Waals surface area contributed by atoms with Crippen LogP contribution in [0, 0.1) is 12.8 Å². The minimum absolute atomic E-state index is 0.101. The lowest BCUT2D eigenvalue weighted by molar-refractivity contribution is -0.0433. The Morgan fingerprint density at radius 3 is 2.68 bits per heavy atom. The molecule has 31 heavy (non-hydrogen) atoms. The lowest BCUT2D eigenvalue weighted by Gasteiger charge is -2.33. The molecule has 8 nitrogen and oxygen atoms in total. The fourth-order valence-electron chi connectivity index (χ4n) is 4.47. The van der Waals surface area contributed by atoms with E-state index >= 15 is 0 Å². The predicted octanol–water partition coefficient (Wildman–Crippen LogP) is 2.44. The Balaban J connectivity index is 1.22. The monoisotopic (exact) mass is 424 g/mol. The van der Waals surface area contributed by atoms with E-state index in [-0.39, 0.29) is 12.0 Å². The highest BCUT2D eigenvalue weighted by Crippen LogP contribution is 2.30. The number of piperidine rings is 1. The van der Waals surface area contributed by atoms with Crippen LogP contribution >= 0.6 is 0 Å². The molecule has 8 heteroatoms. The van der Waals surface area contributed by atoms with Crippen molar-refractivity contribution in [1.82, 2.24) is 14.9 Å². The molecule has 0 N–H and O–H groups in total. The molecule has 0 radical (unpaired) electrons. The van der Waals surface area contributed by atoms with Crippen molar-refractivity contribution in [2.45, 2.75) is 32.4 Å². The highest BCUT2D eigenvalue weighted by Gasteiger charge is 2.34. The van der Waals surface area contributed by atoms with Crippen LogP contribution < -0.4 is 14.4 Å². The minimum Gasteiger partial charge on any atom is -0.489 e. The quantitative estimate of drug-likeness (QED) is 0.705. The van der Waals surface area contributed by atoms with Gasteiger partial charge in [0, 0.05) is 44.5 Å². The lowest BCUT2D eigenvalue weighted by atomic mass is 10.1. The van der Waals surface area contributed by atoms with Crippen molar-refractivity contribution in [2.75, 3.05) is 44.9 Å². The number of methoxy groups -OCH3 is 1. The van der Waals surface area contributed by atoms with Gasteiger partial charge in [-0.05, 0) is 24.6 Å². The summed E-state index contributed by atoms with van der Waals surface area (Å²) in [5, 5.41) is 0. The van der Waals surface area contributed by atoms with Crippen LogP contribution in [0.25, 0.3) is 0 Å². The zero-order valence-corrected chi connectivity index (χ0v) is 18.0. The van der Waals surface area contributed by atoms with Crippen LogP contribution in [0.2, 0.25) is 0 Å². The van der Waals surface area contributed by atoms with Gasteiger partial charge in [-0.15, -0.1) is 0 Å². The van der Waals surface area contributed by atoms with Crippen LogP contribution in [0.4, 0.5) is 5.82 Å². The van der Waals surface area contributed by atoms with Gasteiger partial charge in [-0.2, -0.15) is 0 Å². The maximum Gasteiger partial charge on any atom is 0.256 e. The third kappa shape index (κ3) is 4.04. The maximum absolute atomic E-state index is 12.8. The van der Waals surface area contributed by atoms with Gasteiger partial charge in [-0.3, -0.25) is 4.79 Å². The molecule has 2 aromatic rings. The van der Waals surface area contributed by atoms with Gasteiger partial charge in [-0.25, -0.2) is 9.97 Å². The van der Waals surface area contributed by atoms with E-state index in [1.165, 1.54) is 0 Å². The summed E-state index contributed by atoms with van der Waals surface area (Å²) in [4.78, 5) is 26.1. The molecule has 2 saturated heterocycles. The van der Waals surface area contributed by atoms with Crippen LogP contribution in [0.5, 0.6) is 11.6 Å². The van der Waals surface area contributed by atoms with Gasteiger partial charge in [-0.1, -0.05) is 0 Å². The van der Waals surface area contributed by atoms with E-state index in [2.05, 4.69) is 9.88 Å². The molecule has 0 spiro atoms. The van der Waals surface area contributed by atoms with Crippen molar-refractivity contribution in [3.63, 3.8) is 0 Å². The number of carbonyl (C=O) groups excluding carboxylic acids is 1. The van der Waals surface area contributed by atoms with Gasteiger partial charge in [0.25, 0.3) is 5.91 Å². The van der Waals surface area contributed by atoms with Gasteiger partial charge in [0.15, 0.2) is 0 Å². The molecule has 2 aromatic heterocycles. The molecule has 0 atom stereocenters. The molecular formula is C23H28N4O4. The summed E-state index contributed by atoms with van der Waals surface area (Å²) in [5.41, 5.74) is 2.71. The van der Waals surface area contributed by atoms with E-state index in [4.69, 9.17) is 19.2 Å². The number of pyridine rings is 2. The number of carbonyl (C=O) groups is 1. The normalized spacial score (nSPS) is 19.4. The average Bonchev–Trinajstić information content (AvgIpc) is 3.06. The molecule has 0 aromatic carbocycles. The first kappa shape index (κ1) is 20.1. The molecule has 164 valence electrons. The Kier molecular flexibility index (Phi) is 5.40. The van der Waals surface area contributed by atoms with Crippen molar-refractivity contribution in [2.24, 2.45) is 5.92 Å². The summed E-state index contributed by atoms with van der Waals surface area (Å²) in [6, 6.07) is 5.72. The molecule has 0 saturated carbocycles. The van der Waals surface area contributed by atoms with Crippen LogP contribution in [0.3, 0.4) is 0 Å². The van der Waals surface area contributed by atoms with Crippen LogP contribution in [-0.4, -0.2) is 66.8 Å². The molecular weight excluding hydrogens is 396 g/mol. The predicted molar refractivity (Wildman–Crippen MR) is 115 cm³/mol. The Hall–Kier alpha value is -2.87. The van der Waals surface area contributed by atoms with E-state index < -0.39 is 0 Å². The first-order valence-corrected chi connectivity index (χ1v) is 10.9. The number of hydrogen-bond donors (Lipinski definition) is 0. The highest BCUT2D eigenvalue weighted by molar-refractivity contribution is 5.98. The summed E-state index contributed by atoms with van der Waals surface area (Å²) in [5.74, 6) is 2.90. The van der Waals surface area contributed by atoms with Crippen molar-refractivity contribution in [1.29, 1.82) is 0 Å². The number of aromatic nitrogens is 2. The number of aryl methyl sites for hydroxylation is 1. The summed E-state index contributed by atoms with van der Waals surface area (Å²) in [6.07, 6.45) is 3.69. The number of rotatable bonds is 6. The fraction of sp³-hybridized carbons (Fsp3) is 0.522. The van der Waals surface area contributed by atoms with Crippen molar-refractivity contribution < 1.29 is 19.0 Å². The van der Waals surface area contributed by atoms with E-state index in [0.717, 1.165) is 74.1 Å². The van der Waals surface area contributed by atoms with Gasteiger partial charge in [0.2, 0.25) is 5.88 Å². The third-order valence-electron chi connectivity index (χ3n) is 6.27. The molecule has 1 amide bonds. The van der Waals surface area contributed by atoms with E-state index in [1.54, 1.807) is 13.3 Å². The molecule has 0 aliphatic carbocycles. The zero-order chi connectivity index (χ0) is 21.4. The molecule has 3 aliphatic heterocycles. The average molecular weight is 425 g/mol. The van der Waals surface area contributed by atoms with Crippen molar-refractivity contribution in [3.05, 3.63) is 41.2 Å². The second-order valence-corrected chi connectivity index (χ2v) is 8.55. The Morgan fingerprint density at radius 1 is 1.23 bits per heavy atom.